The summed E-state index contributed by atoms with van der Waals surface area (Å²) >= 11 is 0. The maximum Gasteiger partial charge on any atom is 0.410 e. The summed E-state index contributed by atoms with van der Waals surface area (Å²) in [6, 6.07) is 5.10. The Hall–Kier alpha value is -2.61. The van der Waals surface area contributed by atoms with E-state index in [0.29, 0.717) is 37.2 Å². The molecule has 0 radical (unpaired) electrons. The molecule has 8 heteroatoms. The SMILES string of the molecule is CC(C)(C)OC(=O)N1CCC2(CC1)OCc1cc(C(=O)CC(C)(C)C(=O)O)ccc1O2. The molecule has 31 heavy (non-hydrogen) atoms. The average Bonchev–Trinajstić information content (AvgIpc) is 2.66. The van der Waals surface area contributed by atoms with Crippen molar-refractivity contribution in [2.45, 2.75) is 71.9 Å². The molecule has 3 rings (SSSR count). The number of carboxylic acids is 1. The number of Topliss-reactive ketones (excluding diaryl/α,β-unsaturated/α-hetero) is 1. The van der Waals surface area contributed by atoms with Crippen LogP contribution in [0.25, 0.3) is 0 Å². The van der Waals surface area contributed by atoms with Crippen LogP contribution in [0.5, 0.6) is 5.75 Å². The van der Waals surface area contributed by atoms with Gasteiger partial charge in [-0.25, -0.2) is 4.79 Å². The molecule has 0 aromatic heterocycles. The molecular weight excluding hydrogens is 402 g/mol. The van der Waals surface area contributed by atoms with Crippen molar-refractivity contribution in [1.82, 2.24) is 4.90 Å². The lowest BCUT2D eigenvalue weighted by atomic mass is 9.85. The Labute approximate surface area is 182 Å². The van der Waals surface area contributed by atoms with Crippen LogP contribution in [0.4, 0.5) is 4.79 Å². The third-order valence-corrected chi connectivity index (χ3v) is 5.53. The molecule has 1 amide bonds. The van der Waals surface area contributed by atoms with Crippen molar-refractivity contribution < 1.29 is 33.7 Å². The van der Waals surface area contributed by atoms with Gasteiger partial charge in [0.25, 0.3) is 0 Å². The molecule has 8 nitrogen and oxygen atoms in total. The third kappa shape index (κ3) is 5.36. The molecule has 1 spiro atoms. The van der Waals surface area contributed by atoms with E-state index in [0.717, 1.165) is 5.56 Å². The fraction of sp³-hybridized carbons (Fsp3) is 0.609. The minimum absolute atomic E-state index is 0.0900. The second-order valence-electron chi connectivity index (χ2n) is 9.88. The number of hydrogen-bond donors (Lipinski definition) is 1. The predicted molar refractivity (Wildman–Crippen MR) is 112 cm³/mol. The van der Waals surface area contributed by atoms with Crippen LogP contribution in [0.2, 0.25) is 0 Å². The van der Waals surface area contributed by atoms with Gasteiger partial charge in [-0.2, -0.15) is 0 Å². The Kier molecular flexibility index (Phi) is 6.06. The van der Waals surface area contributed by atoms with Gasteiger partial charge < -0.3 is 24.2 Å². The lowest BCUT2D eigenvalue weighted by Gasteiger charge is -2.44. The molecule has 1 fully saturated rings. The van der Waals surface area contributed by atoms with Crippen LogP contribution in [-0.4, -0.2) is 52.3 Å². The summed E-state index contributed by atoms with van der Waals surface area (Å²) in [4.78, 5) is 37.8. The normalized spacial score (nSPS) is 18.2. The van der Waals surface area contributed by atoms with E-state index in [4.69, 9.17) is 14.2 Å². The molecule has 1 N–H and O–H groups in total. The van der Waals surface area contributed by atoms with E-state index in [9.17, 15) is 19.5 Å². The third-order valence-electron chi connectivity index (χ3n) is 5.53. The fourth-order valence-corrected chi connectivity index (χ4v) is 3.59. The molecule has 1 aromatic carbocycles. The molecule has 2 aliphatic rings. The number of ketones is 1. The van der Waals surface area contributed by atoms with Crippen molar-refractivity contribution in [3.8, 4) is 5.75 Å². The topological polar surface area (TPSA) is 102 Å². The van der Waals surface area contributed by atoms with Crippen molar-refractivity contribution in [2.75, 3.05) is 13.1 Å². The van der Waals surface area contributed by atoms with Gasteiger partial charge in [-0.3, -0.25) is 9.59 Å². The molecule has 0 saturated carbocycles. The second kappa shape index (κ2) is 8.15. The van der Waals surface area contributed by atoms with Gasteiger partial charge in [-0.1, -0.05) is 0 Å². The number of ether oxygens (including phenoxy) is 3. The number of rotatable bonds is 4. The Morgan fingerprint density at radius 1 is 1.13 bits per heavy atom. The van der Waals surface area contributed by atoms with E-state index in [1.165, 1.54) is 13.8 Å². The fourth-order valence-electron chi connectivity index (χ4n) is 3.59. The van der Waals surface area contributed by atoms with Crippen LogP contribution in [0.15, 0.2) is 18.2 Å². The van der Waals surface area contributed by atoms with Crippen LogP contribution in [-0.2, 0) is 20.9 Å². The monoisotopic (exact) mass is 433 g/mol. The number of carbonyl (C=O) groups is 3. The molecule has 2 aliphatic heterocycles. The van der Waals surface area contributed by atoms with Crippen molar-refractivity contribution in [3.63, 3.8) is 0 Å². The number of piperidine rings is 1. The van der Waals surface area contributed by atoms with E-state index in [2.05, 4.69) is 0 Å². The summed E-state index contributed by atoms with van der Waals surface area (Å²) in [5, 5.41) is 9.25. The number of nitrogens with zero attached hydrogens (tertiary/aromatic N) is 1. The highest BCUT2D eigenvalue weighted by molar-refractivity contribution is 5.99. The number of carbonyl (C=O) groups excluding carboxylic acids is 2. The number of aliphatic carboxylic acids is 1. The zero-order valence-electron chi connectivity index (χ0n) is 18.8. The summed E-state index contributed by atoms with van der Waals surface area (Å²) in [5.74, 6) is -1.40. The number of hydrogen-bond acceptors (Lipinski definition) is 6. The number of amides is 1. The first kappa shape index (κ1) is 23.1. The lowest BCUT2D eigenvalue weighted by Crippen LogP contribution is -2.53. The number of benzene rings is 1. The highest BCUT2D eigenvalue weighted by Crippen LogP contribution is 2.38. The lowest BCUT2D eigenvalue weighted by molar-refractivity contribution is -0.226. The Morgan fingerprint density at radius 3 is 2.35 bits per heavy atom. The largest absolute Gasteiger partial charge is 0.481 e. The van der Waals surface area contributed by atoms with E-state index in [-0.39, 0.29) is 24.9 Å². The van der Waals surface area contributed by atoms with E-state index in [1.807, 2.05) is 20.8 Å². The van der Waals surface area contributed by atoms with Gasteiger partial charge in [-0.05, 0) is 52.8 Å². The van der Waals surface area contributed by atoms with Crippen molar-refractivity contribution in [1.29, 1.82) is 0 Å². The van der Waals surface area contributed by atoms with E-state index < -0.39 is 22.8 Å². The first-order valence-corrected chi connectivity index (χ1v) is 10.5. The maximum atomic E-state index is 12.6. The summed E-state index contributed by atoms with van der Waals surface area (Å²) in [6.07, 6.45) is 0.594. The van der Waals surface area contributed by atoms with Gasteiger partial charge in [0.1, 0.15) is 11.4 Å². The van der Waals surface area contributed by atoms with Crippen LogP contribution >= 0.6 is 0 Å². The molecule has 170 valence electrons. The van der Waals surface area contributed by atoms with Gasteiger partial charge in [0.05, 0.1) is 12.0 Å². The van der Waals surface area contributed by atoms with Crippen LogP contribution < -0.4 is 4.74 Å². The Balaban J connectivity index is 1.64. The molecular formula is C23H31NO7. The molecule has 2 heterocycles. The molecule has 0 bridgehead atoms. The van der Waals surface area contributed by atoms with Gasteiger partial charge in [0.15, 0.2) is 5.78 Å². The molecule has 1 saturated heterocycles. The van der Waals surface area contributed by atoms with Crippen LogP contribution in [0, 0.1) is 5.41 Å². The number of carboxylic acid groups (broad SMARTS) is 1. The smallest absolute Gasteiger partial charge is 0.410 e. The minimum Gasteiger partial charge on any atom is -0.481 e. The van der Waals surface area contributed by atoms with Gasteiger partial charge in [0, 0.05) is 43.5 Å². The quantitative estimate of drug-likeness (QED) is 0.716. The summed E-state index contributed by atoms with van der Waals surface area (Å²) in [6.45, 7) is 9.78. The van der Waals surface area contributed by atoms with E-state index in [1.54, 1.807) is 23.1 Å². The Morgan fingerprint density at radius 2 is 1.77 bits per heavy atom. The standard InChI is InChI=1S/C23H31NO7/c1-21(2,3)31-20(28)24-10-8-23(9-11-24)29-14-16-12-15(6-7-18(16)30-23)17(25)13-22(4,5)19(26)27/h6-7,12H,8-11,13-14H2,1-5H3,(H,26,27). The van der Waals surface area contributed by atoms with Gasteiger partial charge in [-0.15, -0.1) is 0 Å². The molecule has 1 aromatic rings. The molecule has 0 unspecified atom stereocenters. The first-order valence-electron chi connectivity index (χ1n) is 10.5. The van der Waals surface area contributed by atoms with Crippen LogP contribution in [0.3, 0.4) is 0 Å². The van der Waals surface area contributed by atoms with Gasteiger partial charge >= 0.3 is 12.1 Å². The van der Waals surface area contributed by atoms with Crippen LogP contribution in [0.1, 0.15) is 69.8 Å². The van der Waals surface area contributed by atoms with Crippen molar-refractivity contribution >= 4 is 17.8 Å². The minimum atomic E-state index is -1.13. The van der Waals surface area contributed by atoms with Crippen molar-refractivity contribution in [3.05, 3.63) is 29.3 Å². The number of fused-ring (bicyclic) bond motifs is 1. The zero-order chi connectivity index (χ0) is 23.0. The summed E-state index contributed by atoms with van der Waals surface area (Å²) in [7, 11) is 0. The Bertz CT molecular complexity index is 876. The summed E-state index contributed by atoms with van der Waals surface area (Å²) < 4.78 is 17.6. The number of likely N-dealkylation sites (tertiary alicyclic amines) is 1. The highest BCUT2D eigenvalue weighted by atomic mass is 16.7. The second-order valence-corrected chi connectivity index (χ2v) is 9.88. The maximum absolute atomic E-state index is 12.6. The summed E-state index contributed by atoms with van der Waals surface area (Å²) in [5.41, 5.74) is -0.487. The highest BCUT2D eigenvalue weighted by Gasteiger charge is 2.42. The molecule has 0 atom stereocenters. The predicted octanol–water partition coefficient (Wildman–Crippen LogP) is 4.01. The zero-order valence-corrected chi connectivity index (χ0v) is 18.8. The average molecular weight is 434 g/mol. The van der Waals surface area contributed by atoms with Crippen molar-refractivity contribution in [2.24, 2.45) is 5.41 Å². The van der Waals surface area contributed by atoms with Gasteiger partial charge in [0.2, 0.25) is 5.79 Å². The van der Waals surface area contributed by atoms with E-state index >= 15 is 0 Å². The first-order chi connectivity index (χ1) is 14.3. The molecule has 0 aliphatic carbocycles.